The van der Waals surface area contributed by atoms with E-state index in [1.807, 2.05) is 13.8 Å². The second kappa shape index (κ2) is 6.87. The second-order valence-corrected chi connectivity index (χ2v) is 5.54. The van der Waals surface area contributed by atoms with Gasteiger partial charge in [-0.2, -0.15) is 0 Å². The molecule has 2 rings (SSSR count). The van der Waals surface area contributed by atoms with Crippen molar-refractivity contribution in [1.29, 1.82) is 0 Å². The first-order valence-electron chi connectivity index (χ1n) is 7.73. The van der Waals surface area contributed by atoms with E-state index in [-0.39, 0.29) is 5.91 Å². The van der Waals surface area contributed by atoms with Gasteiger partial charge in [-0.1, -0.05) is 19.0 Å². The zero-order valence-electron chi connectivity index (χ0n) is 13.9. The number of carbonyl (C=O) groups excluding carboxylic acids is 1. The first kappa shape index (κ1) is 16.4. The lowest BCUT2D eigenvalue weighted by Gasteiger charge is -2.26. The molecule has 22 heavy (non-hydrogen) atoms. The summed E-state index contributed by atoms with van der Waals surface area (Å²) in [5.41, 5.74) is 2.42. The van der Waals surface area contributed by atoms with E-state index in [1.165, 1.54) is 0 Å². The fourth-order valence-corrected chi connectivity index (χ4v) is 2.71. The van der Waals surface area contributed by atoms with Crippen molar-refractivity contribution in [3.63, 3.8) is 0 Å². The first-order chi connectivity index (χ1) is 10.5. The van der Waals surface area contributed by atoms with E-state index in [0.717, 1.165) is 18.8 Å². The molecule has 1 unspecified atom stereocenters. The maximum Gasteiger partial charge on any atom is 0.258 e. The molecule has 0 bridgehead atoms. The van der Waals surface area contributed by atoms with Crippen LogP contribution in [-0.4, -0.2) is 46.6 Å². The summed E-state index contributed by atoms with van der Waals surface area (Å²) in [6.07, 6.45) is 0. The molecule has 0 aliphatic rings. The predicted molar refractivity (Wildman–Crippen MR) is 86.0 cm³/mol. The van der Waals surface area contributed by atoms with Crippen LogP contribution >= 0.6 is 0 Å². The molecule has 2 heterocycles. The Kier molecular flexibility index (Phi) is 5.13. The third-order valence-corrected chi connectivity index (χ3v) is 3.98. The van der Waals surface area contributed by atoms with Gasteiger partial charge in [0.25, 0.3) is 11.6 Å². The van der Waals surface area contributed by atoms with E-state index in [9.17, 15) is 4.79 Å². The number of rotatable bonds is 6. The number of hydrogen-bond acceptors (Lipinski definition) is 5. The molecule has 2 aromatic rings. The van der Waals surface area contributed by atoms with Crippen LogP contribution in [0.3, 0.4) is 0 Å². The number of fused-ring (bicyclic) bond motifs is 1. The molecular weight excluding hydrogens is 280 g/mol. The minimum absolute atomic E-state index is 0.110. The SMILES string of the molecule is CCN(CC)C(C)CNC(=O)c1cc(C)nc2onc(C)c12. The summed E-state index contributed by atoms with van der Waals surface area (Å²) in [6.45, 7) is 12.6. The van der Waals surface area contributed by atoms with Gasteiger partial charge in [0, 0.05) is 18.3 Å². The van der Waals surface area contributed by atoms with E-state index in [4.69, 9.17) is 4.52 Å². The van der Waals surface area contributed by atoms with Crippen LogP contribution in [0, 0.1) is 13.8 Å². The molecule has 0 aliphatic carbocycles. The Hall–Kier alpha value is -1.95. The average Bonchev–Trinajstić information content (AvgIpc) is 2.86. The number of pyridine rings is 1. The lowest BCUT2D eigenvalue weighted by molar-refractivity contribution is 0.0939. The van der Waals surface area contributed by atoms with E-state index < -0.39 is 0 Å². The Morgan fingerprint density at radius 1 is 1.36 bits per heavy atom. The van der Waals surface area contributed by atoms with Crippen molar-refractivity contribution in [1.82, 2.24) is 20.4 Å². The summed E-state index contributed by atoms with van der Waals surface area (Å²) >= 11 is 0. The van der Waals surface area contributed by atoms with Crippen molar-refractivity contribution in [3.8, 4) is 0 Å². The molecule has 0 aliphatic heterocycles. The highest BCUT2D eigenvalue weighted by Gasteiger charge is 2.19. The van der Waals surface area contributed by atoms with Gasteiger partial charge >= 0.3 is 0 Å². The number of nitrogens with one attached hydrogen (secondary N) is 1. The number of hydrogen-bond donors (Lipinski definition) is 1. The third kappa shape index (κ3) is 3.27. The molecule has 2 aromatic heterocycles. The Morgan fingerprint density at radius 3 is 2.68 bits per heavy atom. The highest BCUT2D eigenvalue weighted by atomic mass is 16.5. The fourth-order valence-electron chi connectivity index (χ4n) is 2.71. The van der Waals surface area contributed by atoms with Gasteiger partial charge in [-0.05, 0) is 39.9 Å². The summed E-state index contributed by atoms with van der Waals surface area (Å²) in [4.78, 5) is 19.1. The highest BCUT2D eigenvalue weighted by Crippen LogP contribution is 2.21. The quantitative estimate of drug-likeness (QED) is 0.886. The van der Waals surface area contributed by atoms with Crippen LogP contribution in [0.15, 0.2) is 10.6 Å². The van der Waals surface area contributed by atoms with Crippen LogP contribution in [0.5, 0.6) is 0 Å². The molecule has 1 amide bonds. The highest BCUT2D eigenvalue weighted by molar-refractivity contribution is 6.06. The van der Waals surface area contributed by atoms with Gasteiger partial charge in [0.2, 0.25) is 0 Å². The number of amides is 1. The van der Waals surface area contributed by atoms with E-state index in [1.54, 1.807) is 6.07 Å². The van der Waals surface area contributed by atoms with Gasteiger partial charge < -0.3 is 9.84 Å². The van der Waals surface area contributed by atoms with Crippen molar-refractivity contribution in [2.75, 3.05) is 19.6 Å². The standard InChI is InChI=1S/C16H24N4O2/c1-6-20(7-2)11(4)9-17-15(21)13-8-10(3)18-16-14(13)12(5)19-22-16/h8,11H,6-7,9H2,1-5H3,(H,17,21). The second-order valence-electron chi connectivity index (χ2n) is 5.54. The molecule has 6 nitrogen and oxygen atoms in total. The fraction of sp³-hybridized carbons (Fsp3) is 0.562. The predicted octanol–water partition coefficient (Wildman–Crippen LogP) is 2.30. The van der Waals surface area contributed by atoms with Gasteiger partial charge in [-0.25, -0.2) is 4.98 Å². The molecule has 6 heteroatoms. The molecular formula is C16H24N4O2. The maximum atomic E-state index is 12.5. The maximum absolute atomic E-state index is 12.5. The van der Waals surface area contributed by atoms with Crippen LogP contribution in [0.25, 0.3) is 11.1 Å². The average molecular weight is 304 g/mol. The van der Waals surface area contributed by atoms with E-state index in [0.29, 0.717) is 34.9 Å². The van der Waals surface area contributed by atoms with Crippen LogP contribution < -0.4 is 5.32 Å². The summed E-state index contributed by atoms with van der Waals surface area (Å²) in [5, 5.41) is 7.60. The zero-order chi connectivity index (χ0) is 16.3. The smallest absolute Gasteiger partial charge is 0.258 e. The van der Waals surface area contributed by atoms with Crippen LogP contribution in [0.1, 0.15) is 42.5 Å². The van der Waals surface area contributed by atoms with Crippen molar-refractivity contribution in [3.05, 3.63) is 23.0 Å². The zero-order valence-corrected chi connectivity index (χ0v) is 13.9. The van der Waals surface area contributed by atoms with Crippen molar-refractivity contribution >= 4 is 17.0 Å². The number of likely N-dealkylation sites (N-methyl/N-ethyl adjacent to an activating group) is 1. The van der Waals surface area contributed by atoms with Crippen molar-refractivity contribution < 1.29 is 9.32 Å². The number of aromatic nitrogens is 2. The Bertz CT molecular complexity index is 661. The lowest BCUT2D eigenvalue weighted by atomic mass is 10.1. The topological polar surface area (TPSA) is 71.3 Å². The summed E-state index contributed by atoms with van der Waals surface area (Å²) in [7, 11) is 0. The molecule has 0 saturated heterocycles. The van der Waals surface area contributed by atoms with Crippen LogP contribution in [0.2, 0.25) is 0 Å². The van der Waals surface area contributed by atoms with Gasteiger partial charge in [-0.15, -0.1) is 0 Å². The summed E-state index contributed by atoms with van der Waals surface area (Å²) in [6, 6.07) is 2.07. The molecule has 1 atom stereocenters. The van der Waals surface area contributed by atoms with Gasteiger partial charge in [0.1, 0.15) is 0 Å². The lowest BCUT2D eigenvalue weighted by Crippen LogP contribution is -2.42. The van der Waals surface area contributed by atoms with Crippen molar-refractivity contribution in [2.24, 2.45) is 0 Å². The minimum atomic E-state index is -0.110. The van der Waals surface area contributed by atoms with Gasteiger partial charge in [0.15, 0.2) is 0 Å². The Morgan fingerprint density at radius 2 is 2.05 bits per heavy atom. The Labute approximate surface area is 130 Å². The van der Waals surface area contributed by atoms with Crippen molar-refractivity contribution in [2.45, 2.75) is 40.7 Å². The largest absolute Gasteiger partial charge is 0.350 e. The van der Waals surface area contributed by atoms with Gasteiger partial charge in [0.05, 0.1) is 16.6 Å². The van der Waals surface area contributed by atoms with E-state index in [2.05, 4.69) is 41.1 Å². The number of carbonyl (C=O) groups is 1. The van der Waals surface area contributed by atoms with E-state index >= 15 is 0 Å². The third-order valence-electron chi connectivity index (χ3n) is 3.98. The molecule has 120 valence electrons. The Balaban J connectivity index is 2.18. The normalized spacial score (nSPS) is 12.8. The first-order valence-corrected chi connectivity index (χ1v) is 7.73. The molecule has 0 saturated carbocycles. The molecule has 0 aromatic carbocycles. The van der Waals surface area contributed by atoms with Crippen LogP contribution in [-0.2, 0) is 0 Å². The van der Waals surface area contributed by atoms with Crippen LogP contribution in [0.4, 0.5) is 0 Å². The number of aryl methyl sites for hydroxylation is 2. The summed E-state index contributed by atoms with van der Waals surface area (Å²) < 4.78 is 5.17. The minimum Gasteiger partial charge on any atom is -0.350 e. The monoisotopic (exact) mass is 304 g/mol. The molecule has 0 radical (unpaired) electrons. The number of nitrogens with zero attached hydrogens (tertiary/aromatic N) is 3. The molecule has 0 fully saturated rings. The molecule has 1 N–H and O–H groups in total. The van der Waals surface area contributed by atoms with Gasteiger partial charge in [-0.3, -0.25) is 9.69 Å². The molecule has 0 spiro atoms. The summed E-state index contributed by atoms with van der Waals surface area (Å²) in [5.74, 6) is -0.110.